The highest BCUT2D eigenvalue weighted by molar-refractivity contribution is 5.44. The molecule has 4 bridgehead atoms. The average Bonchev–Trinajstić information content (AvgIpc) is 3.12. The van der Waals surface area contributed by atoms with E-state index in [0.717, 1.165) is 51.4 Å². The fourth-order valence-corrected chi connectivity index (χ4v) is 8.20. The summed E-state index contributed by atoms with van der Waals surface area (Å²) in [6, 6.07) is 22.6. The molecular formula is C34H38O2. The lowest BCUT2D eigenvalue weighted by atomic mass is 9.75. The molecule has 2 unspecified atom stereocenters. The number of hydrogen-bond donors (Lipinski definition) is 2. The van der Waals surface area contributed by atoms with E-state index in [1.54, 1.807) is 0 Å². The third-order valence-electron chi connectivity index (χ3n) is 10.8. The van der Waals surface area contributed by atoms with Crippen molar-refractivity contribution >= 4 is 0 Å². The van der Waals surface area contributed by atoms with Crippen LogP contribution in [0.25, 0.3) is 0 Å². The Morgan fingerprint density at radius 2 is 0.667 bits per heavy atom. The normalized spacial score (nSPS) is 34.6. The van der Waals surface area contributed by atoms with Gasteiger partial charge in [0, 0.05) is 0 Å². The molecule has 4 aliphatic carbocycles. The van der Waals surface area contributed by atoms with Gasteiger partial charge in [-0.05, 0) is 133 Å². The Bertz CT molecular complexity index is 1140. The van der Waals surface area contributed by atoms with E-state index in [1.807, 2.05) is 0 Å². The van der Waals surface area contributed by atoms with Crippen molar-refractivity contribution in [3.8, 4) is 0 Å². The van der Waals surface area contributed by atoms with Crippen LogP contribution in [0.15, 0.2) is 60.7 Å². The molecule has 0 saturated carbocycles. The van der Waals surface area contributed by atoms with Crippen molar-refractivity contribution in [2.75, 3.05) is 0 Å². The lowest BCUT2D eigenvalue weighted by Crippen LogP contribution is -2.43. The van der Waals surface area contributed by atoms with Crippen LogP contribution < -0.4 is 0 Å². The van der Waals surface area contributed by atoms with Gasteiger partial charge in [-0.25, -0.2) is 0 Å². The van der Waals surface area contributed by atoms with Gasteiger partial charge in [-0.15, -0.1) is 0 Å². The molecule has 0 fully saturated rings. The quantitative estimate of drug-likeness (QED) is 0.451. The zero-order valence-electron chi connectivity index (χ0n) is 21.6. The number of rotatable bonds is 0. The van der Waals surface area contributed by atoms with E-state index >= 15 is 0 Å². The molecule has 0 amide bonds. The second-order valence-corrected chi connectivity index (χ2v) is 12.8. The first kappa shape index (κ1) is 22.8. The Balaban J connectivity index is 1.29. The average molecular weight is 479 g/mol. The molecule has 36 heavy (non-hydrogen) atoms. The van der Waals surface area contributed by atoms with Crippen molar-refractivity contribution < 1.29 is 10.2 Å². The third kappa shape index (κ3) is 3.52. The van der Waals surface area contributed by atoms with Crippen molar-refractivity contribution in [1.29, 1.82) is 0 Å². The predicted octanol–water partition coefficient (Wildman–Crippen LogP) is 5.45. The minimum atomic E-state index is -0.672. The second kappa shape index (κ2) is 8.04. The van der Waals surface area contributed by atoms with Gasteiger partial charge >= 0.3 is 0 Å². The Hall–Kier alpha value is -2.42. The predicted molar refractivity (Wildman–Crippen MR) is 144 cm³/mol. The van der Waals surface area contributed by atoms with Gasteiger partial charge in [-0.2, -0.15) is 0 Å². The second-order valence-electron chi connectivity index (χ2n) is 12.8. The van der Waals surface area contributed by atoms with E-state index < -0.39 is 11.2 Å². The molecule has 0 heterocycles. The van der Waals surface area contributed by atoms with Crippen molar-refractivity contribution in [2.45, 2.75) is 76.4 Å². The highest BCUT2D eigenvalue weighted by atomic mass is 16.3. The molecule has 6 atom stereocenters. The van der Waals surface area contributed by atoms with Crippen LogP contribution in [0, 0.1) is 23.7 Å². The lowest BCUT2D eigenvalue weighted by molar-refractivity contribution is -0.0477. The summed E-state index contributed by atoms with van der Waals surface area (Å²) < 4.78 is 0. The summed E-state index contributed by atoms with van der Waals surface area (Å²) in [4.78, 5) is 0. The molecule has 186 valence electrons. The highest BCUT2D eigenvalue weighted by Crippen LogP contribution is 2.46. The van der Waals surface area contributed by atoms with E-state index in [0.29, 0.717) is 0 Å². The molecule has 0 radical (unpaired) electrons. The van der Waals surface area contributed by atoms with Gasteiger partial charge < -0.3 is 10.2 Å². The summed E-state index contributed by atoms with van der Waals surface area (Å²) in [5.74, 6) is 0.921. The van der Waals surface area contributed by atoms with Gasteiger partial charge in [0.15, 0.2) is 0 Å². The van der Waals surface area contributed by atoms with Gasteiger partial charge in [0.1, 0.15) is 0 Å². The first-order chi connectivity index (χ1) is 17.3. The summed E-state index contributed by atoms with van der Waals surface area (Å²) in [6.45, 7) is 4.21. The molecular weight excluding hydrogens is 440 g/mol. The summed E-state index contributed by atoms with van der Waals surface area (Å²) in [5, 5.41) is 23.7. The van der Waals surface area contributed by atoms with Crippen molar-refractivity contribution in [1.82, 2.24) is 0 Å². The molecule has 7 rings (SSSR count). The fraction of sp³-hybridized carbons (Fsp3) is 0.471. The largest absolute Gasteiger partial charge is 0.390 e. The topological polar surface area (TPSA) is 40.5 Å². The molecule has 2 N–H and O–H groups in total. The first-order valence-corrected chi connectivity index (χ1v) is 14.0. The number of benzene rings is 3. The van der Waals surface area contributed by atoms with Crippen LogP contribution in [-0.4, -0.2) is 21.4 Å². The molecule has 2 nitrogen and oxygen atoms in total. The van der Waals surface area contributed by atoms with Crippen molar-refractivity contribution in [2.24, 2.45) is 23.7 Å². The van der Waals surface area contributed by atoms with Gasteiger partial charge in [0.05, 0.1) is 11.2 Å². The molecule has 4 aliphatic rings. The molecule has 0 aliphatic heterocycles. The van der Waals surface area contributed by atoms with Crippen LogP contribution in [0.2, 0.25) is 0 Å². The Morgan fingerprint density at radius 1 is 0.444 bits per heavy atom. The lowest BCUT2D eigenvalue weighted by Gasteiger charge is -2.36. The Labute approximate surface area is 215 Å². The van der Waals surface area contributed by atoms with Crippen LogP contribution in [0.1, 0.15) is 58.4 Å². The van der Waals surface area contributed by atoms with Crippen molar-refractivity contribution in [3.05, 3.63) is 105 Å². The SMILES string of the molecule is CC1(O)[C@@H]2Cc3ccccc3C[C@H]1Cc1cc3c(cc1C2)C[C@H]1Cc2ccccc2C[C@@H](C3)C1(C)O. The van der Waals surface area contributed by atoms with Crippen LogP contribution >= 0.6 is 0 Å². The van der Waals surface area contributed by atoms with Crippen LogP contribution in [0.4, 0.5) is 0 Å². The number of hydrogen-bond acceptors (Lipinski definition) is 2. The number of fused-ring (bicyclic) bond motifs is 8. The van der Waals surface area contributed by atoms with E-state index in [2.05, 4.69) is 74.5 Å². The highest BCUT2D eigenvalue weighted by Gasteiger charge is 2.47. The zero-order valence-corrected chi connectivity index (χ0v) is 21.6. The third-order valence-corrected chi connectivity index (χ3v) is 10.8. The molecule has 0 saturated heterocycles. The van der Waals surface area contributed by atoms with Crippen LogP contribution in [0.3, 0.4) is 0 Å². The van der Waals surface area contributed by atoms with E-state index in [4.69, 9.17) is 0 Å². The summed E-state index contributed by atoms with van der Waals surface area (Å²) >= 11 is 0. The Kier molecular flexibility index (Phi) is 5.08. The molecule has 2 heteroatoms. The van der Waals surface area contributed by atoms with E-state index in [-0.39, 0.29) is 23.7 Å². The maximum Gasteiger partial charge on any atom is 0.0688 e. The monoisotopic (exact) mass is 478 g/mol. The first-order valence-electron chi connectivity index (χ1n) is 14.0. The zero-order chi connectivity index (χ0) is 24.7. The molecule has 3 aromatic carbocycles. The molecule has 0 spiro atoms. The summed E-state index contributed by atoms with van der Waals surface area (Å²) in [5.41, 5.74) is 10.1. The minimum absolute atomic E-state index is 0.230. The van der Waals surface area contributed by atoms with Gasteiger partial charge in [0.25, 0.3) is 0 Å². The summed E-state index contributed by atoms with van der Waals surface area (Å²) in [7, 11) is 0. The maximum atomic E-state index is 11.9. The van der Waals surface area contributed by atoms with Gasteiger partial charge in [-0.1, -0.05) is 60.7 Å². The Morgan fingerprint density at radius 3 is 0.917 bits per heavy atom. The molecule has 0 aromatic heterocycles. The van der Waals surface area contributed by atoms with Crippen molar-refractivity contribution in [3.63, 3.8) is 0 Å². The van der Waals surface area contributed by atoms with Gasteiger partial charge in [0.2, 0.25) is 0 Å². The summed E-state index contributed by atoms with van der Waals surface area (Å²) in [6.07, 6.45) is 7.56. The van der Waals surface area contributed by atoms with Gasteiger partial charge in [-0.3, -0.25) is 0 Å². The van der Waals surface area contributed by atoms with E-state index in [1.165, 1.54) is 44.5 Å². The number of aliphatic hydroxyl groups is 2. The maximum absolute atomic E-state index is 11.9. The standard InChI is InChI=1S/C34H38O2/c1-33(35)29-13-21-7-3-4-8-22(21)14-30(33)18-26-12-28-20-32-16-24-10-6-5-9-23(24)15-31(34(32,2)36)19-27(28)11-25(26)17-29/h3-12,29-32,35-36H,13-20H2,1-2H3/t29-,30+,31-,32+,33?,34?. The van der Waals surface area contributed by atoms with Crippen LogP contribution in [-0.2, 0) is 51.4 Å². The van der Waals surface area contributed by atoms with Crippen LogP contribution in [0.5, 0.6) is 0 Å². The smallest absolute Gasteiger partial charge is 0.0688 e. The molecule has 3 aromatic rings. The fourth-order valence-electron chi connectivity index (χ4n) is 8.20. The van der Waals surface area contributed by atoms with E-state index in [9.17, 15) is 10.2 Å². The minimum Gasteiger partial charge on any atom is -0.390 e.